The fourth-order valence-corrected chi connectivity index (χ4v) is 71.2. The van der Waals surface area contributed by atoms with Crippen molar-refractivity contribution in [1.82, 2.24) is 0 Å². The monoisotopic (exact) mass is 1100 g/mol. The van der Waals surface area contributed by atoms with Crippen LogP contribution in [0.15, 0.2) is 11.6 Å². The standard InChI is InChI=1S/C47H84O14Si8/c1-39(47(48)49)37-38-62-50-63(40-23-9-2-10-24-40)53-66(43-29-15-5-16-30-43)55-64(51-62,41-25-11-3-12-26-41)57-68(45-33-19-7-20-34-45)58-65(52-62,42-27-13-4-14-28-42)56-67(54-63,44-31-17-6-18-32-44)60-69(59-66,61-68)46-35-21-8-22-36-46/h37,40-46H,2-36,38H2,1H3,(H,48,49). The molecule has 7 aliphatic carbocycles. The summed E-state index contributed by atoms with van der Waals surface area (Å²) < 4.78 is 103. The van der Waals surface area contributed by atoms with Gasteiger partial charge in [0.15, 0.2) is 0 Å². The number of rotatable bonds is 10. The van der Waals surface area contributed by atoms with Gasteiger partial charge in [-0.1, -0.05) is 141 Å². The lowest BCUT2D eigenvalue weighted by Gasteiger charge is -2.68. The minimum Gasteiger partial charge on any atom is -0.478 e. The zero-order valence-electron chi connectivity index (χ0n) is 41.8. The molecule has 1 N–H and O–H groups in total. The molecule has 13 fully saturated rings. The van der Waals surface area contributed by atoms with E-state index in [2.05, 4.69) is 0 Å². The molecule has 8 bridgehead atoms. The lowest BCUT2D eigenvalue weighted by atomic mass is 10.0. The maximum atomic E-state index is 12.9. The number of allylic oxidation sites excluding steroid dienone is 1. The second-order valence-corrected chi connectivity index (χ2v) is 49.6. The Hall–Kier alpha value is 0.465. The van der Waals surface area contributed by atoms with Crippen LogP contribution in [0.2, 0.25) is 44.8 Å². The van der Waals surface area contributed by atoms with Crippen molar-refractivity contribution >= 4 is 76.4 Å². The van der Waals surface area contributed by atoms with E-state index in [-0.39, 0.29) is 50.4 Å². The zero-order valence-corrected chi connectivity index (χ0v) is 49.8. The highest BCUT2D eigenvalue weighted by molar-refractivity contribution is 7.04. The fraction of sp³-hybridized carbons (Fsp3) is 0.936. The Balaban J connectivity index is 1.19. The van der Waals surface area contributed by atoms with Gasteiger partial charge in [0.05, 0.1) is 0 Å². The van der Waals surface area contributed by atoms with Gasteiger partial charge >= 0.3 is 76.4 Å². The van der Waals surface area contributed by atoms with Gasteiger partial charge in [0, 0.05) is 50.4 Å². The van der Waals surface area contributed by atoms with E-state index >= 15 is 0 Å². The summed E-state index contributed by atoms with van der Waals surface area (Å²) in [5.41, 5.74) is -0.105. The molecule has 0 amide bonds. The Morgan fingerprint density at radius 1 is 0.333 bits per heavy atom. The molecule has 13 aliphatic rings. The first-order valence-corrected chi connectivity index (χ1v) is 43.4. The molecule has 388 valence electrons. The van der Waals surface area contributed by atoms with Crippen LogP contribution < -0.4 is 0 Å². The Morgan fingerprint density at radius 2 is 0.507 bits per heavy atom. The van der Waals surface area contributed by atoms with Crippen LogP contribution in [-0.2, 0) is 54.2 Å². The average Bonchev–Trinajstić information content (AvgIpc) is 3.37. The fourth-order valence-electron chi connectivity index (χ4n) is 15.4. The van der Waals surface area contributed by atoms with Gasteiger partial charge < -0.3 is 54.5 Å². The van der Waals surface area contributed by atoms with Crippen molar-refractivity contribution in [2.75, 3.05) is 0 Å². The molecule has 14 nitrogen and oxygen atoms in total. The molecule has 7 saturated carbocycles. The van der Waals surface area contributed by atoms with Crippen LogP contribution in [0.25, 0.3) is 0 Å². The molecule has 0 aromatic rings. The van der Waals surface area contributed by atoms with E-state index in [1.165, 1.54) is 25.7 Å². The van der Waals surface area contributed by atoms with Crippen molar-refractivity contribution in [2.45, 2.75) is 276 Å². The third-order valence-corrected chi connectivity index (χ3v) is 58.6. The molecule has 0 radical (unpaired) electrons. The minimum absolute atomic E-state index is 0.00187. The van der Waals surface area contributed by atoms with E-state index < -0.39 is 76.4 Å². The molecule has 0 unspecified atom stereocenters. The Kier molecular flexibility index (Phi) is 14.7. The zero-order chi connectivity index (χ0) is 46.8. The Bertz CT molecular complexity index is 1670. The van der Waals surface area contributed by atoms with Crippen molar-refractivity contribution in [1.29, 1.82) is 0 Å². The summed E-state index contributed by atoms with van der Waals surface area (Å²) in [6.45, 7) is 1.67. The lowest BCUT2D eigenvalue weighted by Crippen LogP contribution is -2.91. The number of carboxylic acid groups (broad SMARTS) is 1. The van der Waals surface area contributed by atoms with Gasteiger partial charge in [-0.05, 0) is 96.8 Å². The molecule has 0 aromatic heterocycles. The van der Waals surface area contributed by atoms with Crippen LogP contribution in [0.1, 0.15) is 232 Å². The largest absolute Gasteiger partial charge is 0.482 e. The quantitative estimate of drug-likeness (QED) is 0.163. The van der Waals surface area contributed by atoms with E-state index in [0.717, 1.165) is 199 Å². The SMILES string of the molecule is CC(=CC[Si]12O[Si]3(C4CCCCC4)O[Si]4(C5CCCCC5)O[Si](C5CCCCC5)(O1)O[Si]1(C5CCCCC5)O[Si](C5CCCCC5)(O2)O[Si](C2CCCCC2)(O3)O[Si](C2CCCCC2)(O4)O1)C(=O)O. The normalized spacial score (nSPS) is 45.4. The molecule has 0 atom stereocenters. The van der Waals surface area contributed by atoms with Crippen LogP contribution in [0.4, 0.5) is 0 Å². The summed E-state index contributed by atoms with van der Waals surface area (Å²) in [6, 6.07) is 0.110. The number of aliphatic carboxylic acids is 1. The van der Waals surface area contributed by atoms with Crippen molar-refractivity contribution in [2.24, 2.45) is 0 Å². The van der Waals surface area contributed by atoms with Gasteiger partial charge in [0.25, 0.3) is 0 Å². The highest BCUT2D eigenvalue weighted by Gasteiger charge is 2.88. The molecule has 6 saturated heterocycles. The summed E-state index contributed by atoms with van der Waals surface area (Å²) in [7, 11) is -33.2. The summed E-state index contributed by atoms with van der Waals surface area (Å²) >= 11 is 0. The molecular formula is C47H84O14Si8. The summed E-state index contributed by atoms with van der Waals surface area (Å²) in [5.74, 6) is -0.974. The predicted molar refractivity (Wildman–Crippen MR) is 273 cm³/mol. The van der Waals surface area contributed by atoms with Crippen molar-refractivity contribution in [3.63, 3.8) is 0 Å². The maximum Gasteiger partial charge on any atom is 0.482 e. The van der Waals surface area contributed by atoms with E-state index in [1.807, 2.05) is 0 Å². The topological polar surface area (TPSA) is 148 Å². The molecule has 0 spiro atoms. The van der Waals surface area contributed by atoms with Gasteiger partial charge in [-0.15, -0.1) is 0 Å². The molecule has 6 heterocycles. The molecule has 22 heteroatoms. The van der Waals surface area contributed by atoms with Gasteiger partial charge in [-0.2, -0.15) is 0 Å². The first-order valence-electron chi connectivity index (χ1n) is 28.9. The second-order valence-electron chi connectivity index (χ2n) is 23.9. The maximum absolute atomic E-state index is 12.9. The Labute approximate surface area is 421 Å². The highest BCUT2D eigenvalue weighted by Crippen LogP contribution is 2.65. The number of hydrogen-bond acceptors (Lipinski definition) is 13. The average molecular weight is 1100 g/mol. The van der Waals surface area contributed by atoms with Crippen LogP contribution in [0.5, 0.6) is 0 Å². The molecule has 13 rings (SSSR count). The van der Waals surface area contributed by atoms with E-state index in [1.54, 1.807) is 13.0 Å². The second kappa shape index (κ2) is 20.1. The van der Waals surface area contributed by atoms with Crippen molar-refractivity contribution in [3.8, 4) is 0 Å². The number of carbonyl (C=O) groups is 1. The van der Waals surface area contributed by atoms with Gasteiger partial charge in [0.1, 0.15) is 0 Å². The molecule has 69 heavy (non-hydrogen) atoms. The van der Waals surface area contributed by atoms with E-state index in [9.17, 15) is 9.90 Å². The first-order chi connectivity index (χ1) is 33.5. The van der Waals surface area contributed by atoms with Gasteiger partial charge in [0.2, 0.25) is 0 Å². The molecular weight excluding hydrogens is 1010 g/mol. The molecule has 6 aliphatic heterocycles. The van der Waals surface area contributed by atoms with Crippen LogP contribution in [0, 0.1) is 0 Å². The van der Waals surface area contributed by atoms with Crippen molar-refractivity contribution < 1.29 is 59.3 Å². The summed E-state index contributed by atoms with van der Waals surface area (Å²) in [4.78, 5) is 12.9. The van der Waals surface area contributed by atoms with E-state index in [0.29, 0.717) is 0 Å². The van der Waals surface area contributed by atoms with Gasteiger partial charge in [-0.3, -0.25) is 0 Å². The summed E-state index contributed by atoms with van der Waals surface area (Å²) in [5, 5.41) is 10.5. The predicted octanol–water partition coefficient (Wildman–Crippen LogP) is 13.1. The first kappa shape index (κ1) is 50.3. The number of hydrogen-bond donors (Lipinski definition) is 1. The van der Waals surface area contributed by atoms with E-state index in [4.69, 9.17) is 49.4 Å². The Morgan fingerprint density at radius 3 is 0.681 bits per heavy atom. The van der Waals surface area contributed by atoms with Crippen LogP contribution >= 0.6 is 0 Å². The van der Waals surface area contributed by atoms with Gasteiger partial charge in [-0.25, -0.2) is 4.79 Å². The number of carboxylic acids is 1. The summed E-state index contributed by atoms with van der Waals surface area (Å²) in [6.07, 6.45) is 37.4. The van der Waals surface area contributed by atoms with Crippen LogP contribution in [-0.4, -0.2) is 81.5 Å². The highest BCUT2D eigenvalue weighted by atomic mass is 28.6. The third kappa shape index (κ3) is 9.29. The minimum atomic E-state index is -4.32. The van der Waals surface area contributed by atoms with Crippen molar-refractivity contribution in [3.05, 3.63) is 11.6 Å². The molecule has 0 aromatic carbocycles. The van der Waals surface area contributed by atoms with Crippen LogP contribution in [0.3, 0.4) is 0 Å². The third-order valence-electron chi connectivity index (χ3n) is 19.2. The lowest BCUT2D eigenvalue weighted by molar-refractivity contribution is -0.132. The smallest absolute Gasteiger partial charge is 0.478 e.